The van der Waals surface area contributed by atoms with Crippen LogP contribution in [0.4, 0.5) is 10.1 Å². The summed E-state index contributed by atoms with van der Waals surface area (Å²) in [4.78, 5) is 6.38. The molecule has 1 heterocycles. The maximum atomic E-state index is 13.4. The van der Waals surface area contributed by atoms with Crippen molar-refractivity contribution >= 4 is 5.69 Å². The van der Waals surface area contributed by atoms with Gasteiger partial charge in [-0.25, -0.2) is 4.39 Å². The molecule has 20 heavy (non-hydrogen) atoms. The van der Waals surface area contributed by atoms with Gasteiger partial charge in [0.25, 0.3) is 0 Å². The number of nitrogens with zero attached hydrogens (tertiary/aromatic N) is 2. The van der Waals surface area contributed by atoms with E-state index in [9.17, 15) is 9.50 Å². The van der Waals surface area contributed by atoms with Crippen LogP contribution in [0.1, 0.15) is 31.2 Å². The lowest BCUT2D eigenvalue weighted by molar-refractivity contribution is 0.199. The van der Waals surface area contributed by atoms with Crippen LogP contribution in [0, 0.1) is 5.82 Å². The number of halogens is 1. The molecule has 106 valence electrons. The van der Waals surface area contributed by atoms with E-state index in [4.69, 9.17) is 0 Å². The number of hydrogen-bond donors (Lipinski definition) is 1. The van der Waals surface area contributed by atoms with Gasteiger partial charge in [0.15, 0.2) is 0 Å². The van der Waals surface area contributed by atoms with Crippen LogP contribution in [0.5, 0.6) is 0 Å². The highest BCUT2D eigenvalue weighted by atomic mass is 19.1. The lowest BCUT2D eigenvalue weighted by atomic mass is 10.1. The summed E-state index contributed by atoms with van der Waals surface area (Å²) in [6.07, 6.45) is 1.04. The van der Waals surface area contributed by atoms with Gasteiger partial charge >= 0.3 is 0 Å². The summed E-state index contributed by atoms with van der Waals surface area (Å²) >= 11 is 0. The predicted octanol–water partition coefficient (Wildman–Crippen LogP) is 3.30. The van der Waals surface area contributed by atoms with Gasteiger partial charge in [-0.1, -0.05) is 6.07 Å². The van der Waals surface area contributed by atoms with Gasteiger partial charge < -0.3 is 10.0 Å². The van der Waals surface area contributed by atoms with Gasteiger partial charge in [-0.3, -0.25) is 4.98 Å². The Morgan fingerprint density at radius 1 is 1.30 bits per heavy atom. The van der Waals surface area contributed by atoms with Crippen molar-refractivity contribution in [2.75, 3.05) is 11.4 Å². The van der Waals surface area contributed by atoms with E-state index in [2.05, 4.69) is 9.88 Å². The molecule has 0 radical (unpaired) electrons. The molecule has 0 aliphatic carbocycles. The molecule has 1 N–H and O–H groups in total. The number of benzene rings is 1. The Balaban J connectivity index is 2.32. The van der Waals surface area contributed by atoms with Crippen LogP contribution < -0.4 is 4.90 Å². The Bertz CT molecular complexity index is 558. The SMILES string of the molecule is CCN(Cc1ccccn1)c1ccc(F)cc1[C@@H](C)O. The van der Waals surface area contributed by atoms with E-state index in [1.54, 1.807) is 19.2 Å². The van der Waals surface area contributed by atoms with Crippen LogP contribution in [0.3, 0.4) is 0 Å². The molecule has 1 aromatic carbocycles. The average Bonchev–Trinajstić information content (AvgIpc) is 2.46. The third kappa shape index (κ3) is 3.33. The first kappa shape index (κ1) is 14.5. The maximum Gasteiger partial charge on any atom is 0.123 e. The van der Waals surface area contributed by atoms with Crippen molar-refractivity contribution in [1.82, 2.24) is 4.98 Å². The molecule has 3 nitrogen and oxygen atoms in total. The zero-order valence-corrected chi connectivity index (χ0v) is 11.8. The summed E-state index contributed by atoms with van der Waals surface area (Å²) in [6.45, 7) is 5.05. The summed E-state index contributed by atoms with van der Waals surface area (Å²) in [5.74, 6) is -0.335. The lowest BCUT2D eigenvalue weighted by Crippen LogP contribution is -2.24. The van der Waals surface area contributed by atoms with E-state index in [0.29, 0.717) is 12.1 Å². The average molecular weight is 274 g/mol. The molecule has 0 spiro atoms. The molecule has 1 aromatic heterocycles. The molecule has 2 aromatic rings. The van der Waals surface area contributed by atoms with Crippen LogP contribution in [0.2, 0.25) is 0 Å². The Labute approximate surface area is 118 Å². The van der Waals surface area contributed by atoms with Crippen molar-refractivity contribution < 1.29 is 9.50 Å². The van der Waals surface area contributed by atoms with Gasteiger partial charge in [-0.15, -0.1) is 0 Å². The number of aromatic nitrogens is 1. The Morgan fingerprint density at radius 2 is 2.10 bits per heavy atom. The fourth-order valence-electron chi connectivity index (χ4n) is 2.20. The van der Waals surface area contributed by atoms with Crippen molar-refractivity contribution in [3.8, 4) is 0 Å². The van der Waals surface area contributed by atoms with Gasteiger partial charge in [0.05, 0.1) is 18.3 Å². The quantitative estimate of drug-likeness (QED) is 0.908. The normalized spacial score (nSPS) is 12.2. The lowest BCUT2D eigenvalue weighted by Gasteiger charge is -2.26. The molecule has 0 bridgehead atoms. The molecule has 4 heteroatoms. The number of rotatable bonds is 5. The van der Waals surface area contributed by atoms with Crippen molar-refractivity contribution in [3.05, 3.63) is 59.7 Å². The summed E-state index contributed by atoms with van der Waals surface area (Å²) in [6, 6.07) is 10.3. The maximum absolute atomic E-state index is 13.4. The van der Waals surface area contributed by atoms with Crippen LogP contribution in [0.25, 0.3) is 0 Å². The summed E-state index contributed by atoms with van der Waals surface area (Å²) in [5, 5.41) is 9.83. The third-order valence-corrected chi connectivity index (χ3v) is 3.24. The van der Waals surface area contributed by atoms with E-state index in [0.717, 1.165) is 17.9 Å². The van der Waals surface area contributed by atoms with Gasteiger partial charge in [0.2, 0.25) is 0 Å². The highest BCUT2D eigenvalue weighted by Crippen LogP contribution is 2.28. The smallest absolute Gasteiger partial charge is 0.123 e. The van der Waals surface area contributed by atoms with E-state index in [-0.39, 0.29) is 5.82 Å². The first-order valence-electron chi connectivity index (χ1n) is 6.74. The minimum absolute atomic E-state index is 0.335. The van der Waals surface area contributed by atoms with Gasteiger partial charge in [-0.05, 0) is 44.2 Å². The van der Waals surface area contributed by atoms with E-state index in [1.807, 2.05) is 25.1 Å². The molecular weight excluding hydrogens is 255 g/mol. The standard InChI is InChI=1S/C16H19FN2O/c1-3-19(11-14-6-4-5-9-18-14)16-8-7-13(17)10-15(16)12(2)20/h4-10,12,20H,3,11H2,1-2H3/t12-/m1/s1. The van der Waals surface area contributed by atoms with Crippen LogP contribution in [0.15, 0.2) is 42.6 Å². The molecule has 0 aliphatic rings. The Kier molecular flexibility index (Phi) is 4.69. The number of pyridine rings is 1. The monoisotopic (exact) mass is 274 g/mol. The molecule has 0 fully saturated rings. The Morgan fingerprint density at radius 3 is 2.70 bits per heavy atom. The largest absolute Gasteiger partial charge is 0.389 e. The number of hydrogen-bond acceptors (Lipinski definition) is 3. The molecule has 0 amide bonds. The molecular formula is C16H19FN2O. The van der Waals surface area contributed by atoms with Crippen molar-refractivity contribution in [3.63, 3.8) is 0 Å². The van der Waals surface area contributed by atoms with E-state index >= 15 is 0 Å². The number of anilines is 1. The van der Waals surface area contributed by atoms with Crippen LogP contribution in [-0.2, 0) is 6.54 Å². The second kappa shape index (κ2) is 6.48. The van der Waals surface area contributed by atoms with E-state index < -0.39 is 6.10 Å². The van der Waals surface area contributed by atoms with Crippen LogP contribution in [-0.4, -0.2) is 16.6 Å². The van der Waals surface area contributed by atoms with Crippen LogP contribution >= 0.6 is 0 Å². The van der Waals surface area contributed by atoms with Gasteiger partial charge in [0, 0.05) is 24.0 Å². The third-order valence-electron chi connectivity index (χ3n) is 3.24. The summed E-state index contributed by atoms with van der Waals surface area (Å²) < 4.78 is 13.4. The van der Waals surface area contributed by atoms with E-state index in [1.165, 1.54) is 12.1 Å². The topological polar surface area (TPSA) is 36.4 Å². The van der Waals surface area contributed by atoms with Crippen molar-refractivity contribution in [2.24, 2.45) is 0 Å². The minimum atomic E-state index is -0.710. The highest BCUT2D eigenvalue weighted by molar-refractivity contribution is 5.54. The second-order valence-corrected chi connectivity index (χ2v) is 4.71. The first-order valence-corrected chi connectivity index (χ1v) is 6.74. The molecule has 1 atom stereocenters. The fraction of sp³-hybridized carbons (Fsp3) is 0.312. The predicted molar refractivity (Wildman–Crippen MR) is 78.0 cm³/mol. The highest BCUT2D eigenvalue weighted by Gasteiger charge is 2.15. The first-order chi connectivity index (χ1) is 9.61. The number of aliphatic hydroxyl groups excluding tert-OH is 1. The summed E-state index contributed by atoms with van der Waals surface area (Å²) in [5.41, 5.74) is 2.38. The minimum Gasteiger partial charge on any atom is -0.389 e. The molecule has 2 rings (SSSR count). The molecule has 0 saturated heterocycles. The summed E-state index contributed by atoms with van der Waals surface area (Å²) in [7, 11) is 0. The zero-order chi connectivity index (χ0) is 14.5. The fourth-order valence-corrected chi connectivity index (χ4v) is 2.20. The zero-order valence-electron chi connectivity index (χ0n) is 11.8. The second-order valence-electron chi connectivity index (χ2n) is 4.71. The molecule has 0 saturated carbocycles. The molecule has 0 aliphatic heterocycles. The van der Waals surface area contributed by atoms with Gasteiger partial charge in [-0.2, -0.15) is 0 Å². The van der Waals surface area contributed by atoms with Crippen molar-refractivity contribution in [2.45, 2.75) is 26.5 Å². The number of aliphatic hydroxyl groups is 1. The van der Waals surface area contributed by atoms with Gasteiger partial charge in [0.1, 0.15) is 5.82 Å². The Hall–Kier alpha value is -1.94. The molecule has 0 unspecified atom stereocenters. The van der Waals surface area contributed by atoms with Crippen molar-refractivity contribution in [1.29, 1.82) is 0 Å².